The summed E-state index contributed by atoms with van der Waals surface area (Å²) >= 11 is 1.47. The summed E-state index contributed by atoms with van der Waals surface area (Å²) in [5.41, 5.74) is 2.77. The number of ether oxygens (including phenoxy) is 1. The summed E-state index contributed by atoms with van der Waals surface area (Å²) in [6.07, 6.45) is 0. The molecule has 0 spiro atoms. The predicted molar refractivity (Wildman–Crippen MR) is 104 cm³/mol. The lowest BCUT2D eigenvalue weighted by Gasteiger charge is -2.13. The minimum absolute atomic E-state index is 0.0873. The van der Waals surface area contributed by atoms with E-state index in [0.717, 1.165) is 16.9 Å². The molecule has 2 heterocycles. The van der Waals surface area contributed by atoms with Crippen LogP contribution in [-0.4, -0.2) is 47.5 Å². The second kappa shape index (κ2) is 7.77. The first kappa shape index (κ1) is 18.1. The summed E-state index contributed by atoms with van der Waals surface area (Å²) in [4.78, 5) is 0. The lowest BCUT2D eigenvalue weighted by molar-refractivity contribution is 0.410. The quantitative estimate of drug-likeness (QED) is 0.461. The Morgan fingerprint density at radius 2 is 1.71 bits per heavy atom. The van der Waals surface area contributed by atoms with E-state index in [1.807, 2.05) is 62.4 Å². The first-order chi connectivity index (χ1) is 13.7. The number of rotatable bonds is 6. The molecule has 2 aromatic carbocycles. The van der Waals surface area contributed by atoms with Crippen LogP contribution in [0, 0.1) is 6.92 Å². The molecule has 0 saturated carbocycles. The van der Waals surface area contributed by atoms with Crippen molar-refractivity contribution in [1.82, 2.24) is 40.4 Å². The Kier molecular flexibility index (Phi) is 5.02. The molecule has 0 aliphatic rings. The molecule has 0 N–H and O–H groups in total. The highest BCUT2D eigenvalue weighted by atomic mass is 32.2. The molecule has 0 aliphatic heterocycles. The third-order valence-electron chi connectivity index (χ3n) is 4.14. The maximum Gasteiger partial charge on any atom is 0.214 e. The molecule has 9 nitrogen and oxygen atoms in total. The zero-order chi connectivity index (χ0) is 19.5. The minimum Gasteiger partial charge on any atom is -0.494 e. The van der Waals surface area contributed by atoms with Crippen LogP contribution in [0.15, 0.2) is 53.7 Å². The van der Waals surface area contributed by atoms with E-state index in [9.17, 15) is 0 Å². The van der Waals surface area contributed by atoms with Gasteiger partial charge in [-0.2, -0.15) is 9.36 Å². The van der Waals surface area contributed by atoms with Gasteiger partial charge in [-0.1, -0.05) is 36.0 Å². The SMILES string of the molecule is COc1ccc(C)cc1-n1nnnc1S[C@@H](C)c1nnnn1-c1ccccc1. The monoisotopic (exact) mass is 394 g/mol. The fraction of sp³-hybridized carbons (Fsp3) is 0.222. The highest BCUT2D eigenvalue weighted by Gasteiger charge is 2.22. The van der Waals surface area contributed by atoms with E-state index in [2.05, 4.69) is 31.1 Å². The molecule has 0 aliphatic carbocycles. The van der Waals surface area contributed by atoms with Gasteiger partial charge < -0.3 is 4.74 Å². The molecule has 2 aromatic heterocycles. The smallest absolute Gasteiger partial charge is 0.214 e. The van der Waals surface area contributed by atoms with Crippen molar-refractivity contribution in [3.05, 3.63) is 59.9 Å². The van der Waals surface area contributed by atoms with Crippen molar-refractivity contribution in [2.45, 2.75) is 24.3 Å². The average Bonchev–Trinajstić information content (AvgIpc) is 3.38. The van der Waals surface area contributed by atoms with Gasteiger partial charge in [-0.3, -0.25) is 0 Å². The predicted octanol–water partition coefficient (Wildman–Crippen LogP) is 2.81. The number of tetrazole rings is 2. The maximum absolute atomic E-state index is 5.47. The summed E-state index contributed by atoms with van der Waals surface area (Å²) in [5.74, 6) is 1.41. The fourth-order valence-electron chi connectivity index (χ4n) is 2.78. The van der Waals surface area contributed by atoms with Gasteiger partial charge in [0.2, 0.25) is 5.16 Å². The molecule has 0 amide bonds. The van der Waals surface area contributed by atoms with Gasteiger partial charge in [0.15, 0.2) is 5.82 Å². The van der Waals surface area contributed by atoms with E-state index in [4.69, 9.17) is 4.74 Å². The summed E-state index contributed by atoms with van der Waals surface area (Å²) in [6, 6.07) is 15.6. The van der Waals surface area contributed by atoms with E-state index < -0.39 is 0 Å². The van der Waals surface area contributed by atoms with Gasteiger partial charge in [-0.15, -0.1) is 10.2 Å². The third kappa shape index (κ3) is 3.46. The van der Waals surface area contributed by atoms with Gasteiger partial charge in [0.05, 0.1) is 18.0 Å². The molecule has 0 unspecified atom stereocenters. The van der Waals surface area contributed by atoms with E-state index in [1.54, 1.807) is 16.5 Å². The fourth-order valence-corrected chi connectivity index (χ4v) is 3.67. The Balaban J connectivity index is 1.65. The highest BCUT2D eigenvalue weighted by molar-refractivity contribution is 7.99. The standard InChI is InChI=1S/C18H18N8OS/c1-12-9-10-16(27-3)15(11-12)26-18(20-22-24-26)28-13(2)17-19-21-23-25(17)14-7-5-4-6-8-14/h4-11,13H,1-3H3/t13-/m0/s1. The lowest BCUT2D eigenvalue weighted by atomic mass is 10.2. The third-order valence-corrected chi connectivity index (χ3v) is 5.17. The normalized spacial score (nSPS) is 12.1. The van der Waals surface area contributed by atoms with Crippen molar-refractivity contribution in [1.29, 1.82) is 0 Å². The first-order valence-electron chi connectivity index (χ1n) is 8.61. The number of hydrogen-bond donors (Lipinski definition) is 0. The van der Waals surface area contributed by atoms with Crippen LogP contribution < -0.4 is 4.74 Å². The van der Waals surface area contributed by atoms with Crippen molar-refractivity contribution in [2.75, 3.05) is 7.11 Å². The molecule has 0 saturated heterocycles. The van der Waals surface area contributed by atoms with Crippen LogP contribution >= 0.6 is 11.8 Å². The van der Waals surface area contributed by atoms with Crippen LogP contribution in [0.1, 0.15) is 23.6 Å². The molecular weight excluding hydrogens is 376 g/mol. The van der Waals surface area contributed by atoms with Crippen molar-refractivity contribution >= 4 is 11.8 Å². The van der Waals surface area contributed by atoms with Crippen molar-refractivity contribution < 1.29 is 4.74 Å². The summed E-state index contributed by atoms with van der Waals surface area (Å²) in [6.45, 7) is 4.03. The van der Waals surface area contributed by atoms with Crippen molar-refractivity contribution in [3.8, 4) is 17.1 Å². The molecular formula is C18H18N8OS. The number of thioether (sulfide) groups is 1. The van der Waals surface area contributed by atoms with Crippen LogP contribution in [-0.2, 0) is 0 Å². The van der Waals surface area contributed by atoms with Gasteiger partial charge in [0.1, 0.15) is 11.4 Å². The zero-order valence-corrected chi connectivity index (χ0v) is 16.4. The Hall–Kier alpha value is -3.27. The number of aryl methyl sites for hydroxylation is 1. The molecule has 142 valence electrons. The van der Waals surface area contributed by atoms with Crippen molar-refractivity contribution in [3.63, 3.8) is 0 Å². The lowest BCUT2D eigenvalue weighted by Crippen LogP contribution is -2.07. The van der Waals surface area contributed by atoms with Gasteiger partial charge in [0.25, 0.3) is 0 Å². The van der Waals surface area contributed by atoms with E-state index in [1.165, 1.54) is 11.8 Å². The number of methoxy groups -OCH3 is 1. The van der Waals surface area contributed by atoms with E-state index in [-0.39, 0.29) is 5.25 Å². The van der Waals surface area contributed by atoms with E-state index in [0.29, 0.717) is 16.7 Å². The van der Waals surface area contributed by atoms with Crippen LogP contribution in [0.4, 0.5) is 0 Å². The highest BCUT2D eigenvalue weighted by Crippen LogP contribution is 2.35. The van der Waals surface area contributed by atoms with Crippen LogP contribution in [0.5, 0.6) is 5.75 Å². The molecule has 4 aromatic rings. The van der Waals surface area contributed by atoms with Crippen LogP contribution in [0.2, 0.25) is 0 Å². The first-order valence-corrected chi connectivity index (χ1v) is 9.49. The maximum atomic E-state index is 5.47. The van der Waals surface area contributed by atoms with Gasteiger partial charge in [0, 0.05) is 0 Å². The molecule has 4 rings (SSSR count). The zero-order valence-electron chi connectivity index (χ0n) is 15.6. The molecule has 28 heavy (non-hydrogen) atoms. The Morgan fingerprint density at radius 1 is 0.964 bits per heavy atom. The average molecular weight is 394 g/mol. The molecule has 1 atom stereocenters. The topological polar surface area (TPSA) is 96.4 Å². The van der Waals surface area contributed by atoms with Crippen molar-refractivity contribution in [2.24, 2.45) is 0 Å². The van der Waals surface area contributed by atoms with Gasteiger partial charge >= 0.3 is 0 Å². The number of benzene rings is 2. The summed E-state index contributed by atoms with van der Waals surface area (Å²) < 4.78 is 8.86. The second-order valence-electron chi connectivity index (χ2n) is 6.09. The second-order valence-corrected chi connectivity index (χ2v) is 7.40. The molecule has 10 heteroatoms. The molecule has 0 radical (unpaired) electrons. The van der Waals surface area contributed by atoms with E-state index >= 15 is 0 Å². The number of nitrogens with zero attached hydrogens (tertiary/aromatic N) is 8. The summed E-state index contributed by atoms with van der Waals surface area (Å²) in [7, 11) is 1.63. The van der Waals surface area contributed by atoms with Crippen LogP contribution in [0.3, 0.4) is 0 Å². The number of hydrogen-bond acceptors (Lipinski definition) is 8. The summed E-state index contributed by atoms with van der Waals surface area (Å²) in [5, 5.41) is 24.9. The minimum atomic E-state index is -0.0873. The molecule has 0 fully saturated rings. The Labute approximate surface area is 165 Å². The Morgan fingerprint density at radius 3 is 2.50 bits per heavy atom. The van der Waals surface area contributed by atoms with Gasteiger partial charge in [-0.25, -0.2) is 0 Å². The largest absolute Gasteiger partial charge is 0.494 e. The van der Waals surface area contributed by atoms with Gasteiger partial charge in [-0.05, 0) is 64.5 Å². The Bertz CT molecular complexity index is 1080. The molecule has 0 bridgehead atoms. The number of para-hydroxylation sites is 1. The number of aromatic nitrogens is 8. The van der Waals surface area contributed by atoms with Crippen LogP contribution in [0.25, 0.3) is 11.4 Å².